The maximum absolute atomic E-state index is 12.8. The van der Waals surface area contributed by atoms with Gasteiger partial charge in [0.25, 0.3) is 5.91 Å². The number of carbonyl (C=O) groups is 1. The van der Waals surface area contributed by atoms with Crippen molar-refractivity contribution in [2.45, 2.75) is 25.8 Å². The zero-order valence-corrected chi connectivity index (χ0v) is 13.3. The van der Waals surface area contributed by atoms with Crippen LogP contribution in [0, 0.1) is 6.92 Å². The second-order valence-corrected chi connectivity index (χ2v) is 5.90. The van der Waals surface area contributed by atoms with Gasteiger partial charge in [0.15, 0.2) is 5.76 Å². The topological polar surface area (TPSA) is 77.0 Å². The Labute approximate surface area is 138 Å². The van der Waals surface area contributed by atoms with E-state index in [1.807, 2.05) is 30.2 Å². The zero-order chi connectivity index (χ0) is 16.5. The van der Waals surface area contributed by atoms with E-state index in [9.17, 15) is 4.79 Å². The Hall–Kier alpha value is -2.96. The summed E-state index contributed by atoms with van der Waals surface area (Å²) < 4.78 is 7.16. The van der Waals surface area contributed by atoms with Crippen molar-refractivity contribution in [3.63, 3.8) is 0 Å². The molecule has 0 bridgehead atoms. The summed E-state index contributed by atoms with van der Waals surface area (Å²) in [7, 11) is 0. The van der Waals surface area contributed by atoms with Crippen molar-refractivity contribution in [1.82, 2.24) is 24.6 Å². The van der Waals surface area contributed by atoms with E-state index in [1.54, 1.807) is 29.4 Å². The molecule has 3 aromatic heterocycles. The van der Waals surface area contributed by atoms with Gasteiger partial charge in [0.05, 0.1) is 17.3 Å². The Morgan fingerprint density at radius 1 is 1.38 bits per heavy atom. The van der Waals surface area contributed by atoms with Gasteiger partial charge in [-0.05, 0) is 31.9 Å². The summed E-state index contributed by atoms with van der Waals surface area (Å²) in [4.78, 5) is 23.0. The molecule has 1 amide bonds. The zero-order valence-electron chi connectivity index (χ0n) is 13.3. The molecule has 122 valence electrons. The van der Waals surface area contributed by atoms with Crippen molar-refractivity contribution >= 4 is 5.91 Å². The van der Waals surface area contributed by atoms with Crippen molar-refractivity contribution in [3.8, 4) is 5.82 Å². The highest BCUT2D eigenvalue weighted by atomic mass is 16.5. The molecule has 1 fully saturated rings. The predicted octanol–water partition coefficient (Wildman–Crippen LogP) is 2.54. The van der Waals surface area contributed by atoms with Crippen molar-refractivity contribution in [2.24, 2.45) is 0 Å². The van der Waals surface area contributed by atoms with E-state index in [2.05, 4.69) is 15.1 Å². The van der Waals surface area contributed by atoms with Gasteiger partial charge in [0.1, 0.15) is 12.1 Å². The minimum Gasteiger partial charge on any atom is -0.359 e. The van der Waals surface area contributed by atoms with Crippen LogP contribution >= 0.6 is 0 Å². The minimum absolute atomic E-state index is 0.0313. The summed E-state index contributed by atoms with van der Waals surface area (Å²) in [6.45, 7) is 2.60. The molecule has 1 saturated heterocycles. The quantitative estimate of drug-likeness (QED) is 0.740. The van der Waals surface area contributed by atoms with Gasteiger partial charge >= 0.3 is 0 Å². The van der Waals surface area contributed by atoms with Gasteiger partial charge in [-0.25, -0.2) is 9.97 Å². The van der Waals surface area contributed by atoms with Crippen LogP contribution in [0.15, 0.2) is 47.6 Å². The minimum atomic E-state index is -0.0491. The van der Waals surface area contributed by atoms with Crippen LogP contribution in [0.4, 0.5) is 0 Å². The first-order valence-electron chi connectivity index (χ1n) is 7.91. The Morgan fingerprint density at radius 3 is 2.96 bits per heavy atom. The van der Waals surface area contributed by atoms with Gasteiger partial charge in [0.2, 0.25) is 0 Å². The maximum Gasteiger partial charge on any atom is 0.256 e. The van der Waals surface area contributed by atoms with E-state index in [1.165, 1.54) is 0 Å². The summed E-state index contributed by atoms with van der Waals surface area (Å²) in [5.41, 5.74) is 1.40. The molecule has 7 nitrogen and oxygen atoms in total. The number of amides is 1. The molecule has 1 aliphatic heterocycles. The SMILES string of the molecule is Cc1cc([C@H]2CCCN2C(=O)c2ccc(-n3ccnc3)nc2)on1. The lowest BCUT2D eigenvalue weighted by atomic mass is 10.1. The monoisotopic (exact) mass is 323 g/mol. The molecule has 0 radical (unpaired) electrons. The van der Waals surface area contributed by atoms with Crippen molar-refractivity contribution in [1.29, 1.82) is 0 Å². The van der Waals surface area contributed by atoms with Gasteiger partial charge in [-0.2, -0.15) is 0 Å². The second-order valence-electron chi connectivity index (χ2n) is 5.90. The average molecular weight is 323 g/mol. The van der Waals surface area contributed by atoms with E-state index >= 15 is 0 Å². The molecule has 0 aliphatic carbocycles. The van der Waals surface area contributed by atoms with Crippen molar-refractivity contribution < 1.29 is 9.32 Å². The van der Waals surface area contributed by atoms with E-state index < -0.39 is 0 Å². The Bertz CT molecular complexity index is 838. The second kappa shape index (κ2) is 5.92. The number of carbonyl (C=O) groups excluding carboxylic acids is 1. The Morgan fingerprint density at radius 2 is 2.29 bits per heavy atom. The molecule has 3 aromatic rings. The lowest BCUT2D eigenvalue weighted by Gasteiger charge is -2.22. The highest BCUT2D eigenvalue weighted by Crippen LogP contribution is 2.33. The molecule has 1 aliphatic rings. The first-order valence-corrected chi connectivity index (χ1v) is 7.91. The molecule has 24 heavy (non-hydrogen) atoms. The lowest BCUT2D eigenvalue weighted by molar-refractivity contribution is 0.0714. The van der Waals surface area contributed by atoms with Gasteiger partial charge in [-0.15, -0.1) is 0 Å². The fraction of sp³-hybridized carbons (Fsp3) is 0.294. The van der Waals surface area contributed by atoms with Crippen LogP contribution in [0.2, 0.25) is 0 Å². The van der Waals surface area contributed by atoms with Crippen LogP contribution in [0.1, 0.15) is 40.7 Å². The van der Waals surface area contributed by atoms with E-state index in [-0.39, 0.29) is 11.9 Å². The van der Waals surface area contributed by atoms with Crippen LogP contribution in [-0.2, 0) is 0 Å². The molecule has 0 unspecified atom stereocenters. The van der Waals surface area contributed by atoms with Gasteiger partial charge < -0.3 is 9.42 Å². The fourth-order valence-corrected chi connectivity index (χ4v) is 3.07. The Kier molecular flexibility index (Phi) is 3.60. The number of pyridine rings is 1. The fourth-order valence-electron chi connectivity index (χ4n) is 3.07. The summed E-state index contributed by atoms with van der Waals surface area (Å²) in [5, 5.41) is 3.93. The van der Waals surface area contributed by atoms with Crippen LogP contribution in [0.3, 0.4) is 0 Å². The first kappa shape index (κ1) is 14.6. The first-order chi connectivity index (χ1) is 11.7. The van der Waals surface area contributed by atoms with Gasteiger partial charge in [0, 0.05) is 31.2 Å². The van der Waals surface area contributed by atoms with Crippen molar-refractivity contribution in [2.75, 3.05) is 6.54 Å². The molecular formula is C17H17N5O2. The normalized spacial score (nSPS) is 17.4. The summed E-state index contributed by atoms with van der Waals surface area (Å²) >= 11 is 0. The lowest BCUT2D eigenvalue weighted by Crippen LogP contribution is -2.30. The van der Waals surface area contributed by atoms with E-state index in [4.69, 9.17) is 4.52 Å². The number of imidazole rings is 1. The number of nitrogens with zero attached hydrogens (tertiary/aromatic N) is 5. The Balaban J connectivity index is 1.56. The molecule has 7 heteroatoms. The number of aromatic nitrogens is 4. The largest absolute Gasteiger partial charge is 0.359 e. The smallest absolute Gasteiger partial charge is 0.256 e. The third-order valence-electron chi connectivity index (χ3n) is 4.25. The molecule has 4 rings (SSSR count). The van der Waals surface area contributed by atoms with Crippen LogP contribution in [-0.4, -0.2) is 37.0 Å². The predicted molar refractivity (Wildman–Crippen MR) is 85.6 cm³/mol. The van der Waals surface area contributed by atoms with Gasteiger partial charge in [-0.1, -0.05) is 5.16 Å². The summed E-state index contributed by atoms with van der Waals surface area (Å²) in [5.74, 6) is 1.45. The number of hydrogen-bond acceptors (Lipinski definition) is 5. The summed E-state index contributed by atoms with van der Waals surface area (Å²) in [6, 6.07) is 5.47. The standard InChI is InChI=1S/C17H17N5O2/c1-12-9-15(24-20-12)14-3-2-7-22(14)17(23)13-4-5-16(19-10-13)21-8-6-18-11-21/h4-6,8-11,14H,2-3,7H2,1H3/t14-/m1/s1. The maximum atomic E-state index is 12.8. The van der Waals surface area contributed by atoms with Gasteiger partial charge in [-0.3, -0.25) is 9.36 Å². The average Bonchev–Trinajstić information content (AvgIpc) is 3.35. The van der Waals surface area contributed by atoms with Crippen LogP contribution in [0.5, 0.6) is 0 Å². The molecule has 4 heterocycles. The third-order valence-corrected chi connectivity index (χ3v) is 4.25. The van der Waals surface area contributed by atoms with E-state index in [0.717, 1.165) is 30.1 Å². The molecule has 0 spiro atoms. The molecule has 0 saturated carbocycles. The molecule has 0 aromatic carbocycles. The third kappa shape index (κ3) is 2.58. The highest BCUT2D eigenvalue weighted by molar-refractivity contribution is 5.94. The number of aryl methyl sites for hydroxylation is 1. The van der Waals surface area contributed by atoms with Crippen molar-refractivity contribution in [3.05, 3.63) is 60.1 Å². The molecule has 1 atom stereocenters. The van der Waals surface area contributed by atoms with E-state index in [0.29, 0.717) is 12.1 Å². The number of hydrogen-bond donors (Lipinski definition) is 0. The number of likely N-dealkylation sites (tertiary alicyclic amines) is 1. The van der Waals surface area contributed by atoms with Crippen LogP contribution in [0.25, 0.3) is 5.82 Å². The highest BCUT2D eigenvalue weighted by Gasteiger charge is 2.33. The number of rotatable bonds is 3. The summed E-state index contributed by atoms with van der Waals surface area (Å²) in [6.07, 6.45) is 8.63. The van der Waals surface area contributed by atoms with Crippen LogP contribution < -0.4 is 0 Å². The molecule has 0 N–H and O–H groups in total. The molecular weight excluding hydrogens is 306 g/mol.